The molecule has 3 N–H and O–H groups in total. The van der Waals surface area contributed by atoms with E-state index < -0.39 is 6.03 Å². The van der Waals surface area contributed by atoms with E-state index in [1.807, 2.05) is 32.9 Å². The van der Waals surface area contributed by atoms with Crippen LogP contribution in [-0.4, -0.2) is 16.2 Å². The molecule has 0 atom stereocenters. The summed E-state index contributed by atoms with van der Waals surface area (Å²) in [6.45, 7) is 5.96. The lowest BCUT2D eigenvalue weighted by molar-refractivity contribution is 0.262. The van der Waals surface area contributed by atoms with Gasteiger partial charge in [0.05, 0.1) is 11.9 Å². The van der Waals surface area contributed by atoms with Gasteiger partial charge in [-0.3, -0.25) is 10.4 Å². The molecule has 0 saturated heterocycles. The number of benzene rings is 2. The number of carbonyl (C=O) groups is 1. The second kappa shape index (κ2) is 7.39. The van der Waals surface area contributed by atoms with Crippen molar-refractivity contribution in [2.24, 2.45) is 0 Å². The molecule has 0 aliphatic rings. The molecule has 0 radical (unpaired) electrons. The smallest absolute Gasteiger partial charge is 0.307 e. The molecule has 0 bridgehead atoms. The Labute approximate surface area is 151 Å². The Morgan fingerprint density at radius 1 is 1.12 bits per heavy atom. The van der Waals surface area contributed by atoms with E-state index >= 15 is 0 Å². The number of nitrogens with one attached hydrogen (secondary N) is 3. The van der Waals surface area contributed by atoms with Gasteiger partial charge in [-0.1, -0.05) is 43.7 Å². The number of carbonyl (C=O) groups excluding carboxylic acids is 1. The Morgan fingerprint density at radius 2 is 1.88 bits per heavy atom. The lowest BCUT2D eigenvalue weighted by Gasteiger charge is -2.14. The molecule has 1 heterocycles. The van der Waals surface area contributed by atoms with Crippen LogP contribution in [0.1, 0.15) is 30.9 Å². The predicted molar refractivity (Wildman–Crippen MR) is 102 cm³/mol. The van der Waals surface area contributed by atoms with Crippen LogP contribution in [0.15, 0.2) is 48.7 Å². The fourth-order valence-electron chi connectivity index (χ4n) is 2.77. The molecule has 5 nitrogen and oxygen atoms in total. The third-order valence-corrected chi connectivity index (χ3v) is 4.12. The first-order valence-corrected chi connectivity index (χ1v) is 8.42. The summed E-state index contributed by atoms with van der Waals surface area (Å²) in [4.78, 5) is 12.4. The highest BCUT2D eigenvalue weighted by atomic mass is 19.1. The Kier molecular flexibility index (Phi) is 5.02. The van der Waals surface area contributed by atoms with E-state index in [1.165, 1.54) is 6.07 Å². The summed E-state index contributed by atoms with van der Waals surface area (Å²) in [5.74, 6) is 0.437. The zero-order chi connectivity index (χ0) is 18.7. The minimum Gasteiger partial charge on any atom is -0.307 e. The van der Waals surface area contributed by atoms with Crippen molar-refractivity contribution in [1.29, 1.82) is 0 Å². The number of amides is 2. The van der Waals surface area contributed by atoms with Gasteiger partial charge in [-0.2, -0.15) is 5.10 Å². The van der Waals surface area contributed by atoms with Crippen LogP contribution in [0.3, 0.4) is 0 Å². The summed E-state index contributed by atoms with van der Waals surface area (Å²) in [7, 11) is 0. The second-order valence-corrected chi connectivity index (χ2v) is 6.46. The molecule has 1 aromatic heterocycles. The third-order valence-electron chi connectivity index (χ3n) is 4.12. The average Bonchev–Trinajstić information content (AvgIpc) is 3.05. The number of halogens is 1. The number of hydrogen-bond donors (Lipinski definition) is 3. The van der Waals surface area contributed by atoms with E-state index in [0.29, 0.717) is 22.6 Å². The van der Waals surface area contributed by atoms with Crippen LogP contribution in [0.4, 0.5) is 20.7 Å². The van der Waals surface area contributed by atoms with Crippen LogP contribution in [0.25, 0.3) is 11.1 Å². The van der Waals surface area contributed by atoms with E-state index in [4.69, 9.17) is 0 Å². The van der Waals surface area contributed by atoms with E-state index in [2.05, 4.69) is 20.8 Å². The predicted octanol–water partition coefficient (Wildman–Crippen LogP) is 5.29. The fraction of sp³-hybridized carbons (Fsp3) is 0.200. The molecule has 0 aliphatic heterocycles. The van der Waals surface area contributed by atoms with Gasteiger partial charge in [0, 0.05) is 16.7 Å². The third kappa shape index (κ3) is 3.74. The van der Waals surface area contributed by atoms with E-state index in [1.54, 1.807) is 30.5 Å². The quantitative estimate of drug-likeness (QED) is 0.597. The van der Waals surface area contributed by atoms with Gasteiger partial charge in [0.25, 0.3) is 0 Å². The van der Waals surface area contributed by atoms with Crippen LogP contribution >= 0.6 is 0 Å². The standard InChI is InChI=1S/C20H21FN4O/c1-12(2)16-11-22-25-19(16)24-20(26)23-18-9-8-13(3)10-15(18)14-6-4-5-7-17(14)21/h4-12H,1-3H3,(H3,22,23,24,25,26). The van der Waals surface area contributed by atoms with Crippen molar-refractivity contribution >= 4 is 17.5 Å². The normalized spacial score (nSPS) is 10.8. The van der Waals surface area contributed by atoms with Crippen LogP contribution in [0.2, 0.25) is 0 Å². The monoisotopic (exact) mass is 352 g/mol. The molecule has 26 heavy (non-hydrogen) atoms. The molecule has 134 valence electrons. The Morgan fingerprint density at radius 3 is 2.62 bits per heavy atom. The van der Waals surface area contributed by atoms with E-state index in [9.17, 15) is 9.18 Å². The maximum absolute atomic E-state index is 14.2. The number of aromatic nitrogens is 2. The molecule has 2 amide bonds. The van der Waals surface area contributed by atoms with Crippen LogP contribution in [0, 0.1) is 12.7 Å². The Balaban J connectivity index is 1.87. The topological polar surface area (TPSA) is 69.8 Å². The molecule has 3 aromatic rings. The van der Waals surface area contributed by atoms with Crippen molar-refractivity contribution < 1.29 is 9.18 Å². The number of hydrogen-bond acceptors (Lipinski definition) is 2. The van der Waals surface area contributed by atoms with Crippen LogP contribution in [-0.2, 0) is 0 Å². The number of aryl methyl sites for hydroxylation is 1. The van der Waals surface area contributed by atoms with Gasteiger partial charge in [0.1, 0.15) is 11.6 Å². The van der Waals surface area contributed by atoms with Crippen LogP contribution in [0.5, 0.6) is 0 Å². The molecular formula is C20H21FN4O. The summed E-state index contributed by atoms with van der Waals surface area (Å²) in [6.07, 6.45) is 1.69. The SMILES string of the molecule is Cc1ccc(NC(=O)Nc2[nH]ncc2C(C)C)c(-c2ccccc2F)c1. The first-order valence-electron chi connectivity index (χ1n) is 8.42. The summed E-state index contributed by atoms with van der Waals surface area (Å²) in [5, 5.41) is 12.3. The van der Waals surface area contributed by atoms with Gasteiger partial charge in [-0.15, -0.1) is 0 Å². The van der Waals surface area contributed by atoms with Crippen molar-refractivity contribution in [3.05, 3.63) is 65.6 Å². The summed E-state index contributed by atoms with van der Waals surface area (Å²) >= 11 is 0. The average molecular weight is 352 g/mol. The summed E-state index contributed by atoms with van der Waals surface area (Å²) < 4.78 is 14.2. The maximum Gasteiger partial charge on any atom is 0.324 e. The van der Waals surface area contributed by atoms with E-state index in [-0.39, 0.29) is 11.7 Å². The van der Waals surface area contributed by atoms with Gasteiger partial charge in [0.2, 0.25) is 0 Å². The molecule has 3 rings (SSSR count). The number of rotatable bonds is 4. The van der Waals surface area contributed by atoms with Crippen molar-refractivity contribution in [3.63, 3.8) is 0 Å². The van der Waals surface area contributed by atoms with Crippen molar-refractivity contribution in [2.75, 3.05) is 10.6 Å². The molecule has 2 aromatic carbocycles. The van der Waals surface area contributed by atoms with Crippen molar-refractivity contribution in [3.8, 4) is 11.1 Å². The second-order valence-electron chi connectivity index (χ2n) is 6.46. The largest absolute Gasteiger partial charge is 0.324 e. The minimum absolute atomic E-state index is 0.220. The van der Waals surface area contributed by atoms with Gasteiger partial charge >= 0.3 is 6.03 Å². The van der Waals surface area contributed by atoms with Gasteiger partial charge in [0.15, 0.2) is 0 Å². The highest BCUT2D eigenvalue weighted by Gasteiger charge is 2.15. The molecule has 0 saturated carbocycles. The molecule has 6 heteroatoms. The highest BCUT2D eigenvalue weighted by molar-refractivity contribution is 6.02. The first kappa shape index (κ1) is 17.7. The molecule has 0 unspecified atom stereocenters. The summed E-state index contributed by atoms with van der Waals surface area (Å²) in [5.41, 5.74) is 3.50. The fourth-order valence-corrected chi connectivity index (χ4v) is 2.77. The number of H-pyrrole nitrogens is 1. The maximum atomic E-state index is 14.2. The van der Waals surface area contributed by atoms with Crippen molar-refractivity contribution in [1.82, 2.24) is 10.2 Å². The summed E-state index contributed by atoms with van der Waals surface area (Å²) in [6, 6.07) is 11.6. The molecule has 0 aliphatic carbocycles. The number of urea groups is 1. The van der Waals surface area contributed by atoms with Gasteiger partial charge < -0.3 is 5.32 Å². The lowest BCUT2D eigenvalue weighted by Crippen LogP contribution is -2.21. The number of aromatic amines is 1. The lowest BCUT2D eigenvalue weighted by atomic mass is 10.0. The zero-order valence-electron chi connectivity index (χ0n) is 14.9. The Bertz CT molecular complexity index is 933. The van der Waals surface area contributed by atoms with E-state index in [0.717, 1.165) is 11.1 Å². The molecular weight excluding hydrogens is 331 g/mol. The molecule has 0 spiro atoms. The van der Waals surface area contributed by atoms with Crippen molar-refractivity contribution in [2.45, 2.75) is 26.7 Å². The Hall–Kier alpha value is -3.15. The van der Waals surface area contributed by atoms with Gasteiger partial charge in [-0.05, 0) is 31.0 Å². The first-order chi connectivity index (χ1) is 12.5. The zero-order valence-corrected chi connectivity index (χ0v) is 14.9. The highest BCUT2D eigenvalue weighted by Crippen LogP contribution is 2.31. The van der Waals surface area contributed by atoms with Gasteiger partial charge in [-0.25, -0.2) is 9.18 Å². The minimum atomic E-state index is -0.419. The number of nitrogens with zero attached hydrogens (tertiary/aromatic N) is 1. The van der Waals surface area contributed by atoms with Crippen LogP contribution < -0.4 is 10.6 Å². The molecule has 0 fully saturated rings. The number of anilines is 2.